The molecule has 1 N–H and O–H groups in total. The van der Waals surface area contributed by atoms with Gasteiger partial charge in [0.25, 0.3) is 5.91 Å². The minimum atomic E-state index is -0.281. The molecule has 3 atom stereocenters. The SMILES string of the molecule is COc1cccc([C@@]23CCN(CC4CC4)C[C@@]2(OC)CC[C@H](NC(=O)c2ccc4ccccc4c2)C3)c1. The fraction of sp³-hybridized carbons (Fsp3) is 0.469. The highest BCUT2D eigenvalue weighted by atomic mass is 16.5. The van der Waals surface area contributed by atoms with E-state index in [9.17, 15) is 4.79 Å². The minimum Gasteiger partial charge on any atom is -0.497 e. The first-order chi connectivity index (χ1) is 18.0. The van der Waals surface area contributed by atoms with Crippen LogP contribution in [-0.4, -0.2) is 56.3 Å². The van der Waals surface area contributed by atoms with Crippen LogP contribution < -0.4 is 10.1 Å². The van der Waals surface area contributed by atoms with E-state index in [1.807, 2.05) is 43.5 Å². The normalized spacial score (nSPS) is 28.0. The number of amides is 1. The third kappa shape index (κ3) is 4.53. The first-order valence-corrected chi connectivity index (χ1v) is 13.8. The van der Waals surface area contributed by atoms with Crippen molar-refractivity contribution in [2.24, 2.45) is 5.92 Å². The zero-order valence-corrected chi connectivity index (χ0v) is 22.0. The monoisotopic (exact) mass is 498 g/mol. The van der Waals surface area contributed by atoms with Gasteiger partial charge in [0, 0.05) is 37.2 Å². The molecule has 3 fully saturated rings. The van der Waals surface area contributed by atoms with E-state index < -0.39 is 0 Å². The van der Waals surface area contributed by atoms with Crippen molar-refractivity contribution in [2.75, 3.05) is 33.9 Å². The van der Waals surface area contributed by atoms with E-state index in [2.05, 4.69) is 40.5 Å². The zero-order valence-electron chi connectivity index (χ0n) is 22.0. The second-order valence-corrected chi connectivity index (χ2v) is 11.4. The molecule has 0 bridgehead atoms. The van der Waals surface area contributed by atoms with Gasteiger partial charge in [0.1, 0.15) is 5.75 Å². The number of ether oxygens (including phenoxy) is 2. The summed E-state index contributed by atoms with van der Waals surface area (Å²) in [5, 5.41) is 5.65. The van der Waals surface area contributed by atoms with Gasteiger partial charge in [-0.25, -0.2) is 0 Å². The van der Waals surface area contributed by atoms with Crippen LogP contribution in [0.4, 0.5) is 0 Å². The van der Waals surface area contributed by atoms with Gasteiger partial charge >= 0.3 is 0 Å². The van der Waals surface area contributed by atoms with Crippen molar-refractivity contribution in [2.45, 2.75) is 55.6 Å². The van der Waals surface area contributed by atoms with Crippen molar-refractivity contribution in [3.8, 4) is 5.75 Å². The van der Waals surface area contributed by atoms with E-state index >= 15 is 0 Å². The molecule has 2 aliphatic carbocycles. The Hall–Kier alpha value is -2.89. The summed E-state index contributed by atoms with van der Waals surface area (Å²) in [6.07, 6.45) is 6.44. The second-order valence-electron chi connectivity index (χ2n) is 11.4. The smallest absolute Gasteiger partial charge is 0.251 e. The number of nitrogens with one attached hydrogen (secondary N) is 1. The molecule has 0 radical (unpaired) electrons. The Bertz CT molecular complexity index is 1290. The van der Waals surface area contributed by atoms with Crippen LogP contribution >= 0.6 is 0 Å². The molecule has 1 heterocycles. The Morgan fingerprint density at radius 2 is 1.81 bits per heavy atom. The lowest BCUT2D eigenvalue weighted by atomic mass is 9.55. The van der Waals surface area contributed by atoms with Gasteiger partial charge in [-0.3, -0.25) is 4.79 Å². The molecule has 6 rings (SSSR count). The van der Waals surface area contributed by atoms with E-state index in [1.165, 1.54) is 24.9 Å². The van der Waals surface area contributed by atoms with Crippen LogP contribution in [0.2, 0.25) is 0 Å². The quantitative estimate of drug-likeness (QED) is 0.463. The summed E-state index contributed by atoms with van der Waals surface area (Å²) in [7, 11) is 3.62. The van der Waals surface area contributed by atoms with Crippen molar-refractivity contribution in [3.05, 3.63) is 77.9 Å². The van der Waals surface area contributed by atoms with Crippen molar-refractivity contribution < 1.29 is 14.3 Å². The third-order valence-corrected chi connectivity index (χ3v) is 9.27. The number of hydrogen-bond donors (Lipinski definition) is 1. The van der Waals surface area contributed by atoms with Gasteiger partial charge < -0.3 is 19.7 Å². The molecule has 1 saturated heterocycles. The van der Waals surface area contributed by atoms with Gasteiger partial charge in [-0.1, -0.05) is 42.5 Å². The standard InChI is InChI=1S/C32H38N2O3/c1-36-29-9-5-8-27(19-29)31-16-17-34(21-23-10-11-23)22-32(31,37-2)15-14-28(20-31)33-30(35)26-13-12-24-6-3-4-7-25(24)18-26/h3-9,12-13,18-19,23,28H,10-11,14-17,20-22H2,1-2H3,(H,33,35)/t28-,31-,32-/m0/s1. The predicted molar refractivity (Wildman–Crippen MR) is 147 cm³/mol. The Kier molecular flexibility index (Phi) is 6.46. The molecule has 1 amide bonds. The van der Waals surface area contributed by atoms with Crippen LogP contribution in [0.1, 0.15) is 54.4 Å². The molecule has 3 aliphatic rings. The molecule has 37 heavy (non-hydrogen) atoms. The first kappa shape index (κ1) is 24.4. The number of methoxy groups -OCH3 is 2. The number of rotatable bonds is 7. The van der Waals surface area contributed by atoms with Crippen LogP contribution in [0.15, 0.2) is 66.7 Å². The molecule has 194 valence electrons. The van der Waals surface area contributed by atoms with Crippen LogP contribution in [-0.2, 0) is 10.2 Å². The number of hydrogen-bond acceptors (Lipinski definition) is 4. The highest BCUT2D eigenvalue weighted by Gasteiger charge is 2.59. The molecule has 5 heteroatoms. The maximum atomic E-state index is 13.4. The average Bonchev–Trinajstić information content (AvgIpc) is 3.76. The molecule has 3 aromatic carbocycles. The van der Waals surface area contributed by atoms with Gasteiger partial charge in [-0.2, -0.15) is 0 Å². The highest BCUT2D eigenvalue weighted by Crippen LogP contribution is 2.54. The number of nitrogens with zero attached hydrogens (tertiary/aromatic N) is 1. The maximum absolute atomic E-state index is 13.4. The van der Waals surface area contributed by atoms with Crippen molar-refractivity contribution in [3.63, 3.8) is 0 Å². The predicted octanol–water partition coefficient (Wildman–Crippen LogP) is 5.57. The van der Waals surface area contributed by atoms with Gasteiger partial charge in [-0.15, -0.1) is 0 Å². The van der Waals surface area contributed by atoms with Crippen molar-refractivity contribution >= 4 is 16.7 Å². The highest BCUT2D eigenvalue weighted by molar-refractivity contribution is 5.98. The lowest BCUT2D eigenvalue weighted by Gasteiger charge is -2.60. The van der Waals surface area contributed by atoms with Gasteiger partial charge in [0.15, 0.2) is 0 Å². The van der Waals surface area contributed by atoms with Gasteiger partial charge in [0.2, 0.25) is 0 Å². The molecule has 3 aromatic rings. The summed E-state index contributed by atoms with van der Waals surface area (Å²) in [6, 6.07) is 22.8. The van der Waals surface area contributed by atoms with Crippen LogP contribution in [0.5, 0.6) is 5.75 Å². The molecule has 1 aliphatic heterocycles. The third-order valence-electron chi connectivity index (χ3n) is 9.27. The van der Waals surface area contributed by atoms with Crippen LogP contribution in [0.3, 0.4) is 0 Å². The summed E-state index contributed by atoms with van der Waals surface area (Å²) in [6.45, 7) is 3.19. The summed E-state index contributed by atoms with van der Waals surface area (Å²) < 4.78 is 12.2. The molecular formula is C32H38N2O3. The van der Waals surface area contributed by atoms with E-state index in [0.29, 0.717) is 0 Å². The van der Waals surface area contributed by atoms with E-state index in [4.69, 9.17) is 9.47 Å². The lowest BCUT2D eigenvalue weighted by molar-refractivity contribution is -0.148. The average molecular weight is 499 g/mol. The van der Waals surface area contributed by atoms with Crippen LogP contribution in [0.25, 0.3) is 10.8 Å². The summed E-state index contributed by atoms with van der Waals surface area (Å²) >= 11 is 0. The maximum Gasteiger partial charge on any atom is 0.251 e. The topological polar surface area (TPSA) is 50.8 Å². The number of piperidine rings is 1. The molecule has 5 nitrogen and oxygen atoms in total. The van der Waals surface area contributed by atoms with Gasteiger partial charge in [0.05, 0.1) is 12.7 Å². The second kappa shape index (κ2) is 9.77. The molecule has 0 unspecified atom stereocenters. The van der Waals surface area contributed by atoms with Crippen LogP contribution in [0, 0.1) is 5.92 Å². The fourth-order valence-corrected chi connectivity index (χ4v) is 7.06. The number of fused-ring (bicyclic) bond motifs is 2. The summed E-state index contributed by atoms with van der Waals surface area (Å²) in [5.41, 5.74) is 1.52. The minimum absolute atomic E-state index is 0.00707. The fourth-order valence-electron chi connectivity index (χ4n) is 7.06. The largest absolute Gasteiger partial charge is 0.497 e. The number of benzene rings is 3. The van der Waals surface area contributed by atoms with Gasteiger partial charge in [-0.05, 0) is 91.6 Å². The number of carbonyl (C=O) groups excluding carboxylic acids is 1. The first-order valence-electron chi connectivity index (χ1n) is 13.8. The number of carbonyl (C=O) groups is 1. The van der Waals surface area contributed by atoms with E-state index in [-0.39, 0.29) is 23.0 Å². The summed E-state index contributed by atoms with van der Waals surface area (Å²) in [5.74, 6) is 1.74. The molecule has 0 aromatic heterocycles. The zero-order chi connectivity index (χ0) is 25.5. The van der Waals surface area contributed by atoms with E-state index in [1.54, 1.807) is 7.11 Å². The molecular weight excluding hydrogens is 460 g/mol. The Morgan fingerprint density at radius 1 is 0.973 bits per heavy atom. The lowest BCUT2D eigenvalue weighted by Crippen LogP contribution is -2.68. The Labute approximate surface area is 220 Å². The van der Waals surface area contributed by atoms with E-state index in [0.717, 1.165) is 66.8 Å². The van der Waals surface area contributed by atoms with Crippen molar-refractivity contribution in [1.29, 1.82) is 0 Å². The summed E-state index contributed by atoms with van der Waals surface area (Å²) in [4.78, 5) is 16.0. The number of likely N-dealkylation sites (tertiary alicyclic amines) is 1. The molecule has 0 spiro atoms. The Balaban J connectivity index is 1.29. The molecule has 2 saturated carbocycles. The van der Waals surface area contributed by atoms with Crippen molar-refractivity contribution in [1.82, 2.24) is 10.2 Å². The Morgan fingerprint density at radius 3 is 2.59 bits per heavy atom.